The topological polar surface area (TPSA) is 38.0 Å². The fraction of sp³-hybridized carbons (Fsp3) is 0.400. The zero-order valence-corrected chi connectivity index (χ0v) is 12.3. The third-order valence-corrected chi connectivity index (χ3v) is 3.45. The molecule has 1 N–H and O–H groups in total. The van der Waals surface area contributed by atoms with Crippen molar-refractivity contribution in [3.8, 4) is 0 Å². The molecule has 0 spiro atoms. The highest BCUT2D eigenvalue weighted by Crippen LogP contribution is 2.26. The van der Waals surface area contributed by atoms with Crippen LogP contribution in [0.4, 0.5) is 0 Å². The van der Waals surface area contributed by atoms with Crippen molar-refractivity contribution in [3.63, 3.8) is 0 Å². The van der Waals surface area contributed by atoms with E-state index in [4.69, 9.17) is 11.6 Å². The Bertz CT molecular complexity index is 557. The van der Waals surface area contributed by atoms with Crippen LogP contribution in [-0.2, 0) is 13.0 Å². The van der Waals surface area contributed by atoms with E-state index in [1.807, 2.05) is 6.92 Å². The highest BCUT2D eigenvalue weighted by Gasteiger charge is 2.18. The van der Waals surface area contributed by atoms with E-state index in [1.165, 1.54) is 11.1 Å². The number of aliphatic hydroxyl groups is 1. The molecule has 0 aliphatic carbocycles. The SMILES string of the molecule is CCn1ncc(Cl)c1C(O)Cc1cc(C)cc(C)c1. The average molecular weight is 279 g/mol. The second-order valence-electron chi connectivity index (χ2n) is 4.91. The summed E-state index contributed by atoms with van der Waals surface area (Å²) in [5.74, 6) is 0. The van der Waals surface area contributed by atoms with Crippen LogP contribution in [0, 0.1) is 13.8 Å². The van der Waals surface area contributed by atoms with E-state index in [9.17, 15) is 5.11 Å². The molecule has 0 radical (unpaired) electrons. The van der Waals surface area contributed by atoms with Gasteiger partial charge in [-0.25, -0.2) is 0 Å². The smallest absolute Gasteiger partial charge is 0.101 e. The summed E-state index contributed by atoms with van der Waals surface area (Å²) in [5, 5.41) is 15.1. The Morgan fingerprint density at radius 3 is 2.47 bits per heavy atom. The Hall–Kier alpha value is -1.32. The second-order valence-corrected chi connectivity index (χ2v) is 5.32. The highest BCUT2D eigenvalue weighted by atomic mass is 35.5. The van der Waals surface area contributed by atoms with Gasteiger partial charge in [0.05, 0.1) is 16.9 Å². The van der Waals surface area contributed by atoms with Crippen LogP contribution >= 0.6 is 11.6 Å². The third kappa shape index (κ3) is 3.17. The van der Waals surface area contributed by atoms with Crippen molar-refractivity contribution in [2.24, 2.45) is 0 Å². The Labute approximate surface area is 118 Å². The minimum absolute atomic E-state index is 0.527. The van der Waals surface area contributed by atoms with Gasteiger partial charge < -0.3 is 5.11 Å². The van der Waals surface area contributed by atoms with Gasteiger partial charge in [0.15, 0.2) is 0 Å². The monoisotopic (exact) mass is 278 g/mol. The van der Waals surface area contributed by atoms with Crippen LogP contribution in [0.15, 0.2) is 24.4 Å². The molecule has 1 aromatic carbocycles. The number of aromatic nitrogens is 2. The number of aliphatic hydroxyl groups excluding tert-OH is 1. The van der Waals surface area contributed by atoms with Gasteiger partial charge in [-0.2, -0.15) is 5.10 Å². The van der Waals surface area contributed by atoms with E-state index in [1.54, 1.807) is 10.9 Å². The first kappa shape index (κ1) is 14.1. The zero-order chi connectivity index (χ0) is 14.0. The van der Waals surface area contributed by atoms with E-state index in [0.29, 0.717) is 23.7 Å². The maximum atomic E-state index is 10.4. The van der Waals surface area contributed by atoms with Crippen molar-refractivity contribution in [2.75, 3.05) is 0 Å². The quantitative estimate of drug-likeness (QED) is 0.930. The maximum Gasteiger partial charge on any atom is 0.101 e. The molecule has 0 saturated carbocycles. The molecule has 1 heterocycles. The van der Waals surface area contributed by atoms with Gasteiger partial charge in [-0.3, -0.25) is 4.68 Å². The lowest BCUT2D eigenvalue weighted by Gasteiger charge is -2.14. The van der Waals surface area contributed by atoms with Crippen molar-refractivity contribution < 1.29 is 5.11 Å². The van der Waals surface area contributed by atoms with Crippen molar-refractivity contribution in [1.29, 1.82) is 0 Å². The summed E-state index contributed by atoms with van der Waals surface area (Å²) in [5.41, 5.74) is 4.22. The van der Waals surface area contributed by atoms with Gasteiger partial charge >= 0.3 is 0 Å². The fourth-order valence-corrected chi connectivity index (χ4v) is 2.73. The maximum absolute atomic E-state index is 10.4. The van der Waals surface area contributed by atoms with E-state index >= 15 is 0 Å². The number of aryl methyl sites for hydroxylation is 3. The molecule has 0 aliphatic rings. The van der Waals surface area contributed by atoms with Crippen LogP contribution in [0.5, 0.6) is 0 Å². The average Bonchev–Trinajstić information content (AvgIpc) is 2.68. The van der Waals surface area contributed by atoms with Crippen molar-refractivity contribution in [1.82, 2.24) is 9.78 Å². The Balaban J connectivity index is 2.25. The molecule has 0 amide bonds. The number of benzene rings is 1. The fourth-order valence-electron chi connectivity index (χ4n) is 2.46. The van der Waals surface area contributed by atoms with E-state index in [-0.39, 0.29) is 0 Å². The molecule has 1 aromatic heterocycles. The Morgan fingerprint density at radius 1 is 1.26 bits per heavy atom. The molecule has 3 nitrogen and oxygen atoms in total. The van der Waals surface area contributed by atoms with Crippen molar-refractivity contribution >= 4 is 11.6 Å². The molecule has 4 heteroatoms. The molecule has 0 fully saturated rings. The lowest BCUT2D eigenvalue weighted by Crippen LogP contribution is -2.10. The number of halogens is 1. The third-order valence-electron chi connectivity index (χ3n) is 3.16. The predicted molar refractivity (Wildman–Crippen MR) is 77.5 cm³/mol. The number of rotatable bonds is 4. The molecule has 0 bridgehead atoms. The zero-order valence-electron chi connectivity index (χ0n) is 11.5. The van der Waals surface area contributed by atoms with Crippen LogP contribution in [0.25, 0.3) is 0 Å². The van der Waals surface area contributed by atoms with Crippen LogP contribution in [0.1, 0.15) is 35.4 Å². The largest absolute Gasteiger partial charge is 0.386 e. The summed E-state index contributed by atoms with van der Waals surface area (Å²) in [6.07, 6.45) is 1.51. The minimum atomic E-state index is -0.629. The number of hydrogen-bond donors (Lipinski definition) is 1. The lowest BCUT2D eigenvalue weighted by molar-refractivity contribution is 0.167. The van der Waals surface area contributed by atoms with Gasteiger partial charge in [-0.15, -0.1) is 0 Å². The first-order valence-electron chi connectivity index (χ1n) is 6.47. The Kier molecular flexibility index (Phi) is 4.27. The standard InChI is InChI=1S/C15H19ClN2O/c1-4-18-15(13(16)9-17-18)14(19)8-12-6-10(2)5-11(3)7-12/h5-7,9,14,19H,4,8H2,1-3H3. The van der Waals surface area contributed by atoms with Crippen LogP contribution in [-0.4, -0.2) is 14.9 Å². The van der Waals surface area contributed by atoms with Crippen LogP contribution < -0.4 is 0 Å². The molecular weight excluding hydrogens is 260 g/mol. The second kappa shape index (κ2) is 5.76. The molecule has 102 valence electrons. The number of hydrogen-bond acceptors (Lipinski definition) is 2. The van der Waals surface area contributed by atoms with Gasteiger partial charge in [0.1, 0.15) is 6.10 Å². The van der Waals surface area contributed by atoms with Crippen LogP contribution in [0.2, 0.25) is 5.02 Å². The first-order valence-corrected chi connectivity index (χ1v) is 6.85. The molecular formula is C15H19ClN2O. The Morgan fingerprint density at radius 2 is 1.89 bits per heavy atom. The molecule has 0 aliphatic heterocycles. The van der Waals surface area contributed by atoms with E-state index in [2.05, 4.69) is 37.1 Å². The molecule has 2 aromatic rings. The molecule has 2 rings (SSSR count). The molecule has 0 saturated heterocycles. The van der Waals surface area contributed by atoms with Crippen molar-refractivity contribution in [3.05, 3.63) is 51.8 Å². The van der Waals surface area contributed by atoms with E-state index < -0.39 is 6.10 Å². The number of nitrogens with zero attached hydrogens (tertiary/aromatic N) is 2. The van der Waals surface area contributed by atoms with Crippen molar-refractivity contribution in [2.45, 2.75) is 39.8 Å². The van der Waals surface area contributed by atoms with Gasteiger partial charge in [-0.1, -0.05) is 40.9 Å². The lowest BCUT2D eigenvalue weighted by atomic mass is 10.0. The molecule has 1 unspecified atom stereocenters. The first-order chi connectivity index (χ1) is 9.01. The summed E-state index contributed by atoms with van der Waals surface area (Å²) < 4.78 is 1.75. The molecule has 19 heavy (non-hydrogen) atoms. The van der Waals surface area contributed by atoms with E-state index in [0.717, 1.165) is 5.56 Å². The minimum Gasteiger partial charge on any atom is -0.386 e. The van der Waals surface area contributed by atoms with Gasteiger partial charge in [0.25, 0.3) is 0 Å². The van der Waals surface area contributed by atoms with Gasteiger partial charge in [0.2, 0.25) is 0 Å². The predicted octanol–water partition coefficient (Wildman–Crippen LogP) is 3.45. The van der Waals surface area contributed by atoms with Gasteiger partial charge in [-0.05, 0) is 26.3 Å². The summed E-state index contributed by atoms with van der Waals surface area (Å²) in [4.78, 5) is 0. The van der Waals surface area contributed by atoms with Crippen LogP contribution in [0.3, 0.4) is 0 Å². The summed E-state index contributed by atoms with van der Waals surface area (Å²) in [6, 6.07) is 6.31. The summed E-state index contributed by atoms with van der Waals surface area (Å²) in [7, 11) is 0. The normalized spacial score (nSPS) is 12.7. The molecule has 1 atom stereocenters. The summed E-state index contributed by atoms with van der Waals surface area (Å²) >= 11 is 6.10. The van der Waals surface area contributed by atoms with Gasteiger partial charge in [0, 0.05) is 13.0 Å². The summed E-state index contributed by atoms with van der Waals surface area (Å²) in [6.45, 7) is 6.81. The highest BCUT2D eigenvalue weighted by molar-refractivity contribution is 6.31.